The zero-order valence-corrected chi connectivity index (χ0v) is 8.48. The third-order valence-corrected chi connectivity index (χ3v) is 2.04. The van der Waals surface area contributed by atoms with Crippen molar-refractivity contribution in [2.24, 2.45) is 0 Å². The molecule has 14 heavy (non-hydrogen) atoms. The normalized spacial score (nSPS) is 11.6. The average molecular weight is 198 g/mol. The average Bonchev–Trinajstić information content (AvgIpc) is 2.24. The van der Waals surface area contributed by atoms with Crippen LogP contribution < -0.4 is 0 Å². The van der Waals surface area contributed by atoms with Crippen LogP contribution in [0.1, 0.15) is 5.56 Å². The number of ether oxygens (including phenoxy) is 3. The van der Waals surface area contributed by atoms with E-state index < -0.39 is 5.97 Å². The number of para-hydroxylation sites is 1. The van der Waals surface area contributed by atoms with E-state index in [4.69, 9.17) is 14.2 Å². The summed E-state index contributed by atoms with van der Waals surface area (Å²) in [4.78, 5) is 0. The SMILES string of the molecule is COC(OC)(OC)c1ccccc1O. The van der Waals surface area contributed by atoms with Crippen LogP contribution in [-0.2, 0) is 20.2 Å². The Bertz CT molecular complexity index is 286. The lowest BCUT2D eigenvalue weighted by molar-refractivity contribution is -0.365. The molecular formula is C10H14O4. The molecule has 1 rings (SSSR count). The second-order valence-corrected chi connectivity index (χ2v) is 2.69. The van der Waals surface area contributed by atoms with Gasteiger partial charge in [-0.2, -0.15) is 0 Å². The van der Waals surface area contributed by atoms with Crippen LogP contribution in [0, 0.1) is 0 Å². The minimum Gasteiger partial charge on any atom is -0.507 e. The molecule has 0 saturated carbocycles. The first-order valence-electron chi connectivity index (χ1n) is 4.14. The Morgan fingerprint density at radius 2 is 1.50 bits per heavy atom. The highest BCUT2D eigenvalue weighted by Gasteiger charge is 2.34. The van der Waals surface area contributed by atoms with Gasteiger partial charge >= 0.3 is 5.97 Å². The minimum atomic E-state index is -1.34. The summed E-state index contributed by atoms with van der Waals surface area (Å²) in [6, 6.07) is 6.69. The highest BCUT2D eigenvalue weighted by atomic mass is 16.9. The molecule has 0 saturated heterocycles. The largest absolute Gasteiger partial charge is 0.507 e. The molecule has 0 unspecified atom stereocenters. The van der Waals surface area contributed by atoms with Crippen molar-refractivity contribution < 1.29 is 19.3 Å². The van der Waals surface area contributed by atoms with Crippen molar-refractivity contribution in [2.75, 3.05) is 21.3 Å². The first-order chi connectivity index (χ1) is 6.70. The number of aromatic hydroxyl groups is 1. The lowest BCUT2D eigenvalue weighted by Gasteiger charge is -2.29. The van der Waals surface area contributed by atoms with E-state index in [0.717, 1.165) is 0 Å². The predicted molar refractivity (Wildman–Crippen MR) is 50.8 cm³/mol. The van der Waals surface area contributed by atoms with E-state index in [9.17, 15) is 5.11 Å². The summed E-state index contributed by atoms with van der Waals surface area (Å²) >= 11 is 0. The molecule has 78 valence electrons. The number of benzene rings is 1. The fraction of sp³-hybridized carbons (Fsp3) is 0.400. The second-order valence-electron chi connectivity index (χ2n) is 2.69. The van der Waals surface area contributed by atoms with Crippen LogP contribution in [-0.4, -0.2) is 26.4 Å². The van der Waals surface area contributed by atoms with Crippen LogP contribution in [0.15, 0.2) is 24.3 Å². The molecule has 4 heteroatoms. The van der Waals surface area contributed by atoms with E-state index in [1.54, 1.807) is 24.3 Å². The molecule has 1 aromatic rings. The van der Waals surface area contributed by atoms with Crippen LogP contribution in [0.4, 0.5) is 0 Å². The Kier molecular flexibility index (Phi) is 3.46. The van der Waals surface area contributed by atoms with E-state index in [-0.39, 0.29) is 5.75 Å². The van der Waals surface area contributed by atoms with Gasteiger partial charge in [-0.15, -0.1) is 0 Å². The molecule has 0 heterocycles. The number of hydrogen-bond acceptors (Lipinski definition) is 4. The molecule has 0 atom stereocenters. The third-order valence-electron chi connectivity index (χ3n) is 2.04. The summed E-state index contributed by atoms with van der Waals surface area (Å²) in [5.41, 5.74) is 0.438. The van der Waals surface area contributed by atoms with Crippen molar-refractivity contribution in [2.45, 2.75) is 5.97 Å². The molecule has 0 spiro atoms. The van der Waals surface area contributed by atoms with E-state index in [1.165, 1.54) is 21.3 Å². The minimum absolute atomic E-state index is 0.0676. The summed E-state index contributed by atoms with van der Waals surface area (Å²) in [6.45, 7) is 0. The third kappa shape index (κ3) is 1.72. The van der Waals surface area contributed by atoms with Crippen molar-refractivity contribution in [3.05, 3.63) is 29.8 Å². The van der Waals surface area contributed by atoms with Gasteiger partial charge in [0.05, 0.1) is 5.56 Å². The molecule has 0 bridgehead atoms. The topological polar surface area (TPSA) is 47.9 Å². The Morgan fingerprint density at radius 3 is 1.93 bits per heavy atom. The van der Waals surface area contributed by atoms with Crippen LogP contribution in [0.3, 0.4) is 0 Å². The second kappa shape index (κ2) is 4.41. The standard InChI is InChI=1S/C10H14O4/c1-12-10(13-2,14-3)8-6-4-5-7-9(8)11/h4-7,11H,1-3H3. The molecule has 1 aromatic carbocycles. The van der Waals surface area contributed by atoms with Gasteiger partial charge in [-0.3, -0.25) is 0 Å². The smallest absolute Gasteiger partial charge is 0.314 e. The summed E-state index contributed by atoms with van der Waals surface area (Å²) in [5.74, 6) is -1.27. The van der Waals surface area contributed by atoms with Crippen LogP contribution in [0.25, 0.3) is 0 Å². The monoisotopic (exact) mass is 198 g/mol. The zero-order chi connectivity index (χ0) is 10.6. The van der Waals surface area contributed by atoms with Crippen molar-refractivity contribution >= 4 is 0 Å². The quantitative estimate of drug-likeness (QED) is 0.744. The van der Waals surface area contributed by atoms with Gasteiger partial charge in [-0.05, 0) is 12.1 Å². The van der Waals surface area contributed by atoms with Crippen molar-refractivity contribution in [3.63, 3.8) is 0 Å². The maximum absolute atomic E-state index is 9.60. The number of phenolic OH excluding ortho intramolecular Hbond substituents is 1. The fourth-order valence-electron chi connectivity index (χ4n) is 1.31. The summed E-state index contributed by atoms with van der Waals surface area (Å²) in [7, 11) is 4.33. The molecule has 4 nitrogen and oxygen atoms in total. The fourth-order valence-corrected chi connectivity index (χ4v) is 1.31. The van der Waals surface area contributed by atoms with Gasteiger partial charge in [-0.25, -0.2) is 0 Å². The molecule has 0 aliphatic heterocycles. The van der Waals surface area contributed by atoms with Gasteiger partial charge < -0.3 is 19.3 Å². The summed E-state index contributed by atoms with van der Waals surface area (Å²) in [5, 5.41) is 9.60. The summed E-state index contributed by atoms with van der Waals surface area (Å²) in [6.07, 6.45) is 0. The van der Waals surface area contributed by atoms with Crippen molar-refractivity contribution in [1.82, 2.24) is 0 Å². The molecule has 0 fully saturated rings. The van der Waals surface area contributed by atoms with E-state index in [1.807, 2.05) is 0 Å². The maximum Gasteiger partial charge on any atom is 0.314 e. The highest BCUT2D eigenvalue weighted by molar-refractivity contribution is 5.34. The lowest BCUT2D eigenvalue weighted by atomic mass is 10.1. The van der Waals surface area contributed by atoms with Gasteiger partial charge in [0, 0.05) is 21.3 Å². The number of phenols is 1. The highest BCUT2D eigenvalue weighted by Crippen LogP contribution is 2.32. The first-order valence-corrected chi connectivity index (χ1v) is 4.14. The first kappa shape index (κ1) is 11.0. The lowest BCUT2D eigenvalue weighted by Crippen LogP contribution is -2.32. The molecule has 0 amide bonds. The maximum atomic E-state index is 9.60. The Balaban J connectivity index is 3.17. The van der Waals surface area contributed by atoms with Crippen molar-refractivity contribution in [1.29, 1.82) is 0 Å². The van der Waals surface area contributed by atoms with Crippen LogP contribution >= 0.6 is 0 Å². The van der Waals surface area contributed by atoms with E-state index >= 15 is 0 Å². The Labute approximate surface area is 83.0 Å². The van der Waals surface area contributed by atoms with Gasteiger partial charge in [0.2, 0.25) is 0 Å². The van der Waals surface area contributed by atoms with Gasteiger partial charge in [0.25, 0.3) is 0 Å². The zero-order valence-electron chi connectivity index (χ0n) is 8.48. The van der Waals surface area contributed by atoms with E-state index in [2.05, 4.69) is 0 Å². The predicted octanol–water partition coefficient (Wildman–Crippen LogP) is 1.44. The molecule has 1 N–H and O–H groups in total. The molecular weight excluding hydrogens is 184 g/mol. The van der Waals surface area contributed by atoms with Crippen molar-refractivity contribution in [3.8, 4) is 5.75 Å². The molecule has 0 radical (unpaired) electrons. The Hall–Kier alpha value is -1.10. The number of rotatable bonds is 4. The molecule has 0 aliphatic rings. The van der Waals surface area contributed by atoms with Crippen LogP contribution in [0.5, 0.6) is 5.75 Å². The Morgan fingerprint density at radius 1 is 1.00 bits per heavy atom. The molecule has 0 aliphatic carbocycles. The number of hydrogen-bond donors (Lipinski definition) is 1. The van der Waals surface area contributed by atoms with Gasteiger partial charge in [-0.1, -0.05) is 12.1 Å². The number of methoxy groups -OCH3 is 3. The van der Waals surface area contributed by atoms with E-state index in [0.29, 0.717) is 5.56 Å². The van der Waals surface area contributed by atoms with Gasteiger partial charge in [0.1, 0.15) is 5.75 Å². The molecule has 0 aromatic heterocycles. The summed E-state index contributed by atoms with van der Waals surface area (Å²) < 4.78 is 15.3. The van der Waals surface area contributed by atoms with Crippen LogP contribution in [0.2, 0.25) is 0 Å². The van der Waals surface area contributed by atoms with Gasteiger partial charge in [0.15, 0.2) is 0 Å².